The van der Waals surface area contributed by atoms with Gasteiger partial charge in [-0.05, 0) is 24.6 Å². The monoisotopic (exact) mass is 225 g/mol. The Morgan fingerprint density at radius 3 is 2.93 bits per heavy atom. The Bertz CT molecular complexity index is 384. The highest BCUT2D eigenvalue weighted by Crippen LogP contribution is 2.11. The summed E-state index contributed by atoms with van der Waals surface area (Å²) in [5.74, 6) is -0.449. The molecule has 15 heavy (non-hydrogen) atoms. The van der Waals surface area contributed by atoms with E-state index in [0.29, 0.717) is 10.7 Å². The van der Waals surface area contributed by atoms with Crippen LogP contribution in [0.4, 0.5) is 0 Å². The van der Waals surface area contributed by atoms with Crippen LogP contribution in [0, 0.1) is 0 Å². The van der Waals surface area contributed by atoms with Crippen LogP contribution in [0.25, 0.3) is 0 Å². The lowest BCUT2D eigenvalue weighted by Gasteiger charge is -2.02. The number of rotatable bonds is 3. The van der Waals surface area contributed by atoms with E-state index in [1.807, 2.05) is 6.07 Å². The van der Waals surface area contributed by atoms with E-state index in [4.69, 9.17) is 22.1 Å². The van der Waals surface area contributed by atoms with Crippen LogP contribution in [0.2, 0.25) is 5.02 Å². The molecule has 0 radical (unpaired) electrons. The zero-order valence-electron chi connectivity index (χ0n) is 8.37. The van der Waals surface area contributed by atoms with Crippen LogP contribution in [-0.2, 0) is 16.1 Å². The van der Waals surface area contributed by atoms with Gasteiger partial charge < -0.3 is 10.5 Å². The standard InChI is InChI=1S/C11H12ClNO2/c1-8(13)5-11(14)15-7-9-3-2-4-10(12)6-9/h2-6H,7,13H2,1H3. The highest BCUT2D eigenvalue weighted by Gasteiger charge is 1.99. The fourth-order valence-corrected chi connectivity index (χ4v) is 1.22. The Kier molecular flexibility index (Phi) is 4.18. The van der Waals surface area contributed by atoms with Gasteiger partial charge in [0, 0.05) is 16.8 Å². The predicted molar refractivity (Wildman–Crippen MR) is 59.2 cm³/mol. The first-order valence-electron chi connectivity index (χ1n) is 4.43. The molecule has 0 bridgehead atoms. The molecule has 0 aliphatic carbocycles. The van der Waals surface area contributed by atoms with Gasteiger partial charge in [0.1, 0.15) is 6.61 Å². The van der Waals surface area contributed by atoms with Gasteiger partial charge in [-0.3, -0.25) is 0 Å². The van der Waals surface area contributed by atoms with Gasteiger partial charge in [-0.15, -0.1) is 0 Å². The average Bonchev–Trinajstić information content (AvgIpc) is 2.14. The van der Waals surface area contributed by atoms with Crippen molar-refractivity contribution in [3.05, 3.63) is 46.6 Å². The smallest absolute Gasteiger partial charge is 0.332 e. The molecule has 0 amide bonds. The maximum Gasteiger partial charge on any atom is 0.332 e. The fourth-order valence-electron chi connectivity index (χ4n) is 1.01. The molecule has 0 saturated carbocycles. The molecule has 80 valence electrons. The molecule has 2 N–H and O–H groups in total. The van der Waals surface area contributed by atoms with Gasteiger partial charge in [-0.25, -0.2) is 4.79 Å². The third kappa shape index (κ3) is 4.51. The van der Waals surface area contributed by atoms with Crippen molar-refractivity contribution in [1.29, 1.82) is 0 Å². The maximum atomic E-state index is 11.1. The molecule has 0 unspecified atom stereocenters. The molecule has 0 aliphatic rings. The van der Waals surface area contributed by atoms with E-state index in [0.717, 1.165) is 5.56 Å². The minimum atomic E-state index is -0.449. The first-order valence-corrected chi connectivity index (χ1v) is 4.80. The highest BCUT2D eigenvalue weighted by atomic mass is 35.5. The summed E-state index contributed by atoms with van der Waals surface area (Å²) in [6.45, 7) is 1.82. The van der Waals surface area contributed by atoms with Crippen molar-refractivity contribution in [3.8, 4) is 0 Å². The number of nitrogens with two attached hydrogens (primary N) is 1. The average molecular weight is 226 g/mol. The molecule has 1 rings (SSSR count). The van der Waals surface area contributed by atoms with Crippen LogP contribution in [-0.4, -0.2) is 5.97 Å². The molecule has 0 atom stereocenters. The lowest BCUT2D eigenvalue weighted by Crippen LogP contribution is -2.04. The zero-order chi connectivity index (χ0) is 11.3. The molecule has 0 aliphatic heterocycles. The van der Waals surface area contributed by atoms with Crippen molar-refractivity contribution >= 4 is 17.6 Å². The van der Waals surface area contributed by atoms with Gasteiger partial charge in [0.05, 0.1) is 0 Å². The molecule has 0 heterocycles. The number of esters is 1. The second-order valence-electron chi connectivity index (χ2n) is 3.13. The predicted octanol–water partition coefficient (Wildman–Crippen LogP) is 2.25. The summed E-state index contributed by atoms with van der Waals surface area (Å²) in [6, 6.07) is 7.14. The summed E-state index contributed by atoms with van der Waals surface area (Å²) in [5.41, 5.74) is 6.59. The van der Waals surface area contributed by atoms with Crippen molar-refractivity contribution < 1.29 is 9.53 Å². The largest absolute Gasteiger partial charge is 0.458 e. The molecule has 0 saturated heterocycles. The van der Waals surface area contributed by atoms with Gasteiger partial charge in [-0.1, -0.05) is 23.7 Å². The van der Waals surface area contributed by atoms with E-state index in [1.54, 1.807) is 25.1 Å². The molecule has 0 fully saturated rings. The maximum absolute atomic E-state index is 11.1. The Labute approximate surface area is 93.5 Å². The topological polar surface area (TPSA) is 52.3 Å². The Morgan fingerprint density at radius 1 is 1.60 bits per heavy atom. The molecule has 3 nitrogen and oxygen atoms in total. The number of carbonyl (C=O) groups excluding carboxylic acids is 1. The number of hydrogen-bond donors (Lipinski definition) is 1. The summed E-state index contributed by atoms with van der Waals surface area (Å²) in [4.78, 5) is 11.1. The van der Waals surface area contributed by atoms with E-state index in [1.165, 1.54) is 6.08 Å². The van der Waals surface area contributed by atoms with Crippen LogP contribution >= 0.6 is 11.6 Å². The van der Waals surface area contributed by atoms with Crippen LogP contribution < -0.4 is 5.73 Å². The molecule has 0 aromatic heterocycles. The molecule has 4 heteroatoms. The lowest BCUT2D eigenvalue weighted by molar-refractivity contribution is -0.139. The van der Waals surface area contributed by atoms with Crippen LogP contribution in [0.3, 0.4) is 0 Å². The van der Waals surface area contributed by atoms with Crippen molar-refractivity contribution in [2.24, 2.45) is 5.73 Å². The number of benzene rings is 1. The number of ether oxygens (including phenoxy) is 1. The first-order chi connectivity index (χ1) is 7.08. The van der Waals surface area contributed by atoms with Crippen molar-refractivity contribution in [1.82, 2.24) is 0 Å². The van der Waals surface area contributed by atoms with Crippen molar-refractivity contribution in [2.75, 3.05) is 0 Å². The van der Waals surface area contributed by atoms with E-state index < -0.39 is 5.97 Å². The summed E-state index contributed by atoms with van der Waals surface area (Å²) in [5, 5.41) is 0.620. The van der Waals surface area contributed by atoms with Crippen LogP contribution in [0.1, 0.15) is 12.5 Å². The van der Waals surface area contributed by atoms with Gasteiger partial charge in [0.2, 0.25) is 0 Å². The molecule has 1 aromatic carbocycles. The Balaban J connectivity index is 2.51. The third-order valence-corrected chi connectivity index (χ3v) is 1.85. The summed E-state index contributed by atoms with van der Waals surface area (Å²) in [7, 11) is 0. The Morgan fingerprint density at radius 2 is 2.33 bits per heavy atom. The lowest BCUT2D eigenvalue weighted by atomic mass is 10.2. The van der Waals surface area contributed by atoms with E-state index >= 15 is 0 Å². The van der Waals surface area contributed by atoms with Crippen LogP contribution in [0.5, 0.6) is 0 Å². The van der Waals surface area contributed by atoms with Gasteiger partial charge >= 0.3 is 5.97 Å². The summed E-state index contributed by atoms with van der Waals surface area (Å²) in [6.07, 6.45) is 1.24. The minimum absolute atomic E-state index is 0.198. The SMILES string of the molecule is CC(N)=CC(=O)OCc1cccc(Cl)c1. The van der Waals surface area contributed by atoms with Gasteiger partial charge in [0.15, 0.2) is 0 Å². The summed E-state index contributed by atoms with van der Waals surface area (Å²) < 4.78 is 4.94. The normalized spacial score (nSPS) is 11.2. The van der Waals surface area contributed by atoms with Crippen molar-refractivity contribution in [2.45, 2.75) is 13.5 Å². The molecule has 1 aromatic rings. The summed E-state index contributed by atoms with van der Waals surface area (Å²) >= 11 is 5.77. The number of halogens is 1. The number of hydrogen-bond acceptors (Lipinski definition) is 3. The van der Waals surface area contributed by atoms with Crippen LogP contribution in [0.15, 0.2) is 36.0 Å². The highest BCUT2D eigenvalue weighted by molar-refractivity contribution is 6.30. The Hall–Kier alpha value is -1.48. The zero-order valence-corrected chi connectivity index (χ0v) is 9.12. The van der Waals surface area contributed by atoms with Gasteiger partial charge in [-0.2, -0.15) is 0 Å². The second-order valence-corrected chi connectivity index (χ2v) is 3.56. The quantitative estimate of drug-likeness (QED) is 0.634. The van der Waals surface area contributed by atoms with E-state index in [2.05, 4.69) is 0 Å². The van der Waals surface area contributed by atoms with E-state index in [-0.39, 0.29) is 6.61 Å². The number of carbonyl (C=O) groups is 1. The molecular weight excluding hydrogens is 214 g/mol. The molecular formula is C11H12ClNO2. The van der Waals surface area contributed by atoms with Gasteiger partial charge in [0.25, 0.3) is 0 Å². The molecule has 0 spiro atoms. The minimum Gasteiger partial charge on any atom is -0.458 e. The second kappa shape index (κ2) is 5.41. The third-order valence-electron chi connectivity index (χ3n) is 1.62. The first kappa shape index (κ1) is 11.6. The fraction of sp³-hybridized carbons (Fsp3) is 0.182. The van der Waals surface area contributed by atoms with Crippen molar-refractivity contribution in [3.63, 3.8) is 0 Å². The number of allylic oxidation sites excluding steroid dienone is 1. The van der Waals surface area contributed by atoms with E-state index in [9.17, 15) is 4.79 Å².